The maximum absolute atomic E-state index is 12.2. The standard InChI is InChI=1S/C19H17ClN4O3/c20-14-8-3-1-6-12(14)17(25)21-10-5-11-22-19(27)16-23-15-9-4-2-7-13(15)18(26)24-16/h1-4,6-9H,5,10-11H2,(H,21,25)(H,22,27)(H,23,24,26). The summed E-state index contributed by atoms with van der Waals surface area (Å²) in [5.41, 5.74) is 0.497. The van der Waals surface area contributed by atoms with Crippen molar-refractivity contribution < 1.29 is 9.59 Å². The van der Waals surface area contributed by atoms with Crippen LogP contribution in [0.2, 0.25) is 5.02 Å². The molecule has 2 amide bonds. The van der Waals surface area contributed by atoms with Crippen LogP contribution in [0.4, 0.5) is 0 Å². The van der Waals surface area contributed by atoms with Crippen LogP contribution in [0.3, 0.4) is 0 Å². The van der Waals surface area contributed by atoms with Crippen molar-refractivity contribution in [3.8, 4) is 0 Å². The number of para-hydroxylation sites is 1. The third-order valence-corrected chi connectivity index (χ3v) is 4.20. The van der Waals surface area contributed by atoms with Gasteiger partial charge in [0.1, 0.15) is 0 Å². The van der Waals surface area contributed by atoms with Gasteiger partial charge in [0.05, 0.1) is 21.5 Å². The average Bonchev–Trinajstić information content (AvgIpc) is 2.67. The second-order valence-corrected chi connectivity index (χ2v) is 6.18. The Balaban J connectivity index is 1.49. The number of benzene rings is 2. The number of aromatic amines is 1. The quantitative estimate of drug-likeness (QED) is 0.566. The highest BCUT2D eigenvalue weighted by atomic mass is 35.5. The van der Waals surface area contributed by atoms with Gasteiger partial charge in [-0.05, 0) is 30.7 Å². The minimum Gasteiger partial charge on any atom is -0.352 e. The number of aromatic nitrogens is 2. The molecule has 0 aliphatic rings. The van der Waals surface area contributed by atoms with Crippen molar-refractivity contribution in [1.29, 1.82) is 0 Å². The lowest BCUT2D eigenvalue weighted by atomic mass is 10.2. The van der Waals surface area contributed by atoms with E-state index in [2.05, 4.69) is 20.6 Å². The van der Waals surface area contributed by atoms with Crippen LogP contribution >= 0.6 is 11.6 Å². The molecular weight excluding hydrogens is 368 g/mol. The van der Waals surface area contributed by atoms with E-state index in [1.807, 2.05) is 0 Å². The van der Waals surface area contributed by atoms with E-state index in [0.29, 0.717) is 41.0 Å². The number of fused-ring (bicyclic) bond motifs is 1. The number of halogens is 1. The van der Waals surface area contributed by atoms with E-state index < -0.39 is 5.91 Å². The molecule has 0 aliphatic carbocycles. The Kier molecular flexibility index (Phi) is 5.83. The van der Waals surface area contributed by atoms with Crippen molar-refractivity contribution in [2.75, 3.05) is 13.1 Å². The number of hydrogen-bond acceptors (Lipinski definition) is 4. The molecule has 0 bridgehead atoms. The summed E-state index contributed by atoms with van der Waals surface area (Å²) in [6.07, 6.45) is 0.514. The molecule has 0 aliphatic heterocycles. The predicted molar refractivity (Wildman–Crippen MR) is 103 cm³/mol. The summed E-state index contributed by atoms with van der Waals surface area (Å²) < 4.78 is 0. The Bertz CT molecular complexity index is 1050. The van der Waals surface area contributed by atoms with Crippen molar-refractivity contribution in [3.05, 3.63) is 75.3 Å². The largest absolute Gasteiger partial charge is 0.352 e. The third kappa shape index (κ3) is 4.51. The fourth-order valence-electron chi connectivity index (χ4n) is 2.51. The molecule has 0 atom stereocenters. The van der Waals surface area contributed by atoms with E-state index >= 15 is 0 Å². The van der Waals surface area contributed by atoms with Gasteiger partial charge >= 0.3 is 0 Å². The third-order valence-electron chi connectivity index (χ3n) is 3.87. The van der Waals surface area contributed by atoms with Gasteiger partial charge in [0.2, 0.25) is 0 Å². The molecule has 0 saturated carbocycles. The molecule has 1 aromatic heterocycles. The van der Waals surface area contributed by atoms with E-state index in [9.17, 15) is 14.4 Å². The Hall–Kier alpha value is -3.19. The molecule has 138 valence electrons. The smallest absolute Gasteiger partial charge is 0.287 e. The first kappa shape index (κ1) is 18.6. The summed E-state index contributed by atoms with van der Waals surface area (Å²) in [6.45, 7) is 0.685. The van der Waals surface area contributed by atoms with Crippen molar-refractivity contribution in [2.45, 2.75) is 6.42 Å². The zero-order valence-electron chi connectivity index (χ0n) is 14.3. The van der Waals surface area contributed by atoms with Crippen molar-refractivity contribution in [1.82, 2.24) is 20.6 Å². The number of rotatable bonds is 6. The highest BCUT2D eigenvalue weighted by molar-refractivity contribution is 6.33. The van der Waals surface area contributed by atoms with Crippen LogP contribution < -0.4 is 16.2 Å². The van der Waals surface area contributed by atoms with E-state index in [1.165, 1.54) is 0 Å². The van der Waals surface area contributed by atoms with E-state index in [-0.39, 0.29) is 17.3 Å². The second-order valence-electron chi connectivity index (χ2n) is 5.78. The number of amides is 2. The molecule has 3 aromatic rings. The van der Waals surface area contributed by atoms with Crippen LogP contribution in [-0.2, 0) is 0 Å². The number of H-pyrrole nitrogens is 1. The van der Waals surface area contributed by atoms with E-state index in [4.69, 9.17) is 11.6 Å². The predicted octanol–water partition coefficient (Wildman–Crippen LogP) is 2.13. The molecule has 7 nitrogen and oxygen atoms in total. The molecular formula is C19H17ClN4O3. The van der Waals surface area contributed by atoms with Gasteiger partial charge in [0.15, 0.2) is 5.82 Å². The van der Waals surface area contributed by atoms with Gasteiger partial charge < -0.3 is 15.6 Å². The lowest BCUT2D eigenvalue weighted by Crippen LogP contribution is -2.31. The van der Waals surface area contributed by atoms with Crippen LogP contribution in [0.25, 0.3) is 10.9 Å². The SMILES string of the molecule is O=C(NCCCNC(=O)c1ccccc1Cl)c1nc2ccccc2c(=O)[nH]1. The minimum absolute atomic E-state index is 0.0428. The van der Waals surface area contributed by atoms with Crippen molar-refractivity contribution >= 4 is 34.3 Å². The fraction of sp³-hybridized carbons (Fsp3) is 0.158. The van der Waals surface area contributed by atoms with Gasteiger partial charge in [0, 0.05) is 13.1 Å². The van der Waals surface area contributed by atoms with Crippen LogP contribution in [0.5, 0.6) is 0 Å². The zero-order chi connectivity index (χ0) is 19.2. The maximum Gasteiger partial charge on any atom is 0.287 e. The Morgan fingerprint density at radius 1 is 0.963 bits per heavy atom. The summed E-state index contributed by atoms with van der Waals surface area (Å²) in [5.74, 6) is -0.790. The Morgan fingerprint density at radius 3 is 2.41 bits per heavy atom. The zero-order valence-corrected chi connectivity index (χ0v) is 15.0. The molecule has 3 rings (SSSR count). The van der Waals surface area contributed by atoms with E-state index in [0.717, 1.165) is 0 Å². The molecule has 0 saturated heterocycles. The number of hydrogen-bond donors (Lipinski definition) is 3. The molecule has 8 heteroatoms. The number of nitrogens with one attached hydrogen (secondary N) is 3. The lowest BCUT2D eigenvalue weighted by molar-refractivity contribution is 0.0943. The molecule has 3 N–H and O–H groups in total. The van der Waals surface area contributed by atoms with Gasteiger partial charge in [-0.3, -0.25) is 14.4 Å². The summed E-state index contributed by atoms with van der Waals surface area (Å²) in [4.78, 5) is 42.8. The van der Waals surface area contributed by atoms with Crippen LogP contribution in [0.15, 0.2) is 53.3 Å². The van der Waals surface area contributed by atoms with Crippen LogP contribution in [0.1, 0.15) is 27.4 Å². The van der Waals surface area contributed by atoms with Crippen molar-refractivity contribution in [2.24, 2.45) is 0 Å². The number of carbonyl (C=O) groups is 2. The first-order valence-electron chi connectivity index (χ1n) is 8.36. The summed E-state index contributed by atoms with van der Waals surface area (Å²) >= 11 is 5.97. The average molecular weight is 385 g/mol. The summed E-state index contributed by atoms with van der Waals surface area (Å²) in [5, 5.41) is 6.22. The van der Waals surface area contributed by atoms with Crippen LogP contribution in [0, 0.1) is 0 Å². The molecule has 0 unspecified atom stereocenters. The first-order valence-corrected chi connectivity index (χ1v) is 8.74. The summed E-state index contributed by atoms with van der Waals surface area (Å²) in [7, 11) is 0. The summed E-state index contributed by atoms with van der Waals surface area (Å²) in [6, 6.07) is 13.6. The van der Waals surface area contributed by atoms with E-state index in [1.54, 1.807) is 48.5 Å². The Morgan fingerprint density at radius 2 is 1.63 bits per heavy atom. The molecule has 0 spiro atoms. The topological polar surface area (TPSA) is 104 Å². The minimum atomic E-state index is -0.477. The normalized spacial score (nSPS) is 10.6. The highest BCUT2D eigenvalue weighted by Gasteiger charge is 2.11. The highest BCUT2D eigenvalue weighted by Crippen LogP contribution is 2.14. The first-order chi connectivity index (χ1) is 13.1. The number of nitrogens with zero attached hydrogens (tertiary/aromatic N) is 1. The fourth-order valence-corrected chi connectivity index (χ4v) is 2.73. The van der Waals surface area contributed by atoms with Gasteiger partial charge in [0.25, 0.3) is 17.4 Å². The van der Waals surface area contributed by atoms with Gasteiger partial charge in [-0.15, -0.1) is 0 Å². The molecule has 2 aromatic carbocycles. The second kappa shape index (κ2) is 8.46. The van der Waals surface area contributed by atoms with Gasteiger partial charge in [-0.2, -0.15) is 0 Å². The lowest BCUT2D eigenvalue weighted by Gasteiger charge is -2.08. The molecule has 0 fully saturated rings. The maximum atomic E-state index is 12.2. The van der Waals surface area contributed by atoms with Gasteiger partial charge in [-0.25, -0.2) is 4.98 Å². The van der Waals surface area contributed by atoms with Crippen molar-refractivity contribution in [3.63, 3.8) is 0 Å². The number of carbonyl (C=O) groups excluding carboxylic acids is 2. The monoisotopic (exact) mass is 384 g/mol. The Labute approximate surface area is 159 Å². The van der Waals surface area contributed by atoms with Gasteiger partial charge in [-0.1, -0.05) is 35.9 Å². The van der Waals surface area contributed by atoms with Crippen LogP contribution in [-0.4, -0.2) is 34.9 Å². The molecule has 27 heavy (non-hydrogen) atoms. The molecule has 0 radical (unpaired) electrons. The molecule has 1 heterocycles.